The Morgan fingerprint density at radius 1 is 1.15 bits per heavy atom. The van der Waals surface area contributed by atoms with Crippen LogP contribution >= 0.6 is 11.8 Å². The Morgan fingerprint density at radius 3 is 2.31 bits per heavy atom. The summed E-state index contributed by atoms with van der Waals surface area (Å²) in [4.78, 5) is 25.4. The second-order valence-corrected chi connectivity index (χ2v) is 6.68. The summed E-state index contributed by atoms with van der Waals surface area (Å²) in [5, 5.41) is 24.9. The van der Waals surface area contributed by atoms with Crippen molar-refractivity contribution in [1.29, 1.82) is 0 Å². The lowest BCUT2D eigenvalue weighted by Crippen LogP contribution is -2.58. The highest BCUT2D eigenvalue weighted by Crippen LogP contribution is 2.33. The van der Waals surface area contributed by atoms with Crippen molar-refractivity contribution in [2.45, 2.75) is 17.4 Å². The van der Waals surface area contributed by atoms with Gasteiger partial charge in [0.2, 0.25) is 0 Å². The lowest BCUT2D eigenvalue weighted by molar-refractivity contribution is -0.146. The molecule has 1 unspecified atom stereocenters. The van der Waals surface area contributed by atoms with Gasteiger partial charge in [-0.3, -0.25) is 10.0 Å². The monoisotopic (exact) mass is 371 g/mol. The van der Waals surface area contributed by atoms with Gasteiger partial charge in [-0.25, -0.2) is 4.79 Å². The molecule has 8 heteroatoms. The number of carbonyl (C=O) groups is 2. The zero-order valence-electron chi connectivity index (χ0n) is 14.2. The number of nitrogens with zero attached hydrogens (tertiary/aromatic N) is 3. The van der Waals surface area contributed by atoms with Crippen molar-refractivity contribution in [3.05, 3.63) is 60.2 Å². The number of hydrogen-bond acceptors (Lipinski definition) is 5. The highest BCUT2D eigenvalue weighted by molar-refractivity contribution is 7.98. The van der Waals surface area contributed by atoms with E-state index in [0.29, 0.717) is 11.3 Å². The number of carbonyl (C=O) groups excluding carboxylic acids is 1. The molecule has 26 heavy (non-hydrogen) atoms. The fourth-order valence-electron chi connectivity index (χ4n) is 2.76. The predicted molar refractivity (Wildman–Crippen MR) is 98.7 cm³/mol. The number of amides is 2. The number of hydroxylamine groups is 2. The Labute approximate surface area is 154 Å². The number of para-hydroxylation sites is 1. The van der Waals surface area contributed by atoms with Crippen molar-refractivity contribution in [3.63, 3.8) is 0 Å². The zero-order chi connectivity index (χ0) is 18.9. The van der Waals surface area contributed by atoms with Gasteiger partial charge in [-0.05, 0) is 37.4 Å². The van der Waals surface area contributed by atoms with Crippen molar-refractivity contribution in [2.75, 3.05) is 11.3 Å². The topological polar surface area (TPSA) is 93.4 Å². The molecule has 1 aliphatic rings. The summed E-state index contributed by atoms with van der Waals surface area (Å²) in [6, 6.07) is 15.9. The molecule has 0 bridgehead atoms. The van der Waals surface area contributed by atoms with Crippen LogP contribution in [0.3, 0.4) is 0 Å². The number of rotatable bonds is 4. The van der Waals surface area contributed by atoms with Crippen molar-refractivity contribution < 1.29 is 19.9 Å². The summed E-state index contributed by atoms with van der Waals surface area (Å²) in [6.07, 6.45) is 0.302. The second-order valence-electron chi connectivity index (χ2n) is 5.80. The first-order valence-corrected chi connectivity index (χ1v) is 8.97. The van der Waals surface area contributed by atoms with E-state index in [1.165, 1.54) is 6.92 Å². The number of hydrogen-bond donors (Lipinski definition) is 2. The van der Waals surface area contributed by atoms with Crippen LogP contribution in [0.4, 0.5) is 10.5 Å². The smallest absolute Gasteiger partial charge is 0.432 e. The average molecular weight is 371 g/mol. The molecule has 1 aliphatic heterocycles. The van der Waals surface area contributed by atoms with Crippen LogP contribution in [0.1, 0.15) is 12.5 Å². The maximum atomic E-state index is 13.0. The van der Waals surface area contributed by atoms with Gasteiger partial charge in [-0.2, -0.15) is 15.2 Å². The standard InChI is InChI=1S/C18H17N3O4S/c1-18(21(25)17(23)24)15(12-8-10-14(26-2)11-9-12)19-20(16(18)22)13-6-4-3-5-7-13/h3-11,25H,1-2H3,(H,23,24). The van der Waals surface area contributed by atoms with Gasteiger partial charge in [0.25, 0.3) is 5.91 Å². The highest BCUT2D eigenvalue weighted by atomic mass is 32.2. The van der Waals surface area contributed by atoms with Gasteiger partial charge in [-0.15, -0.1) is 11.8 Å². The maximum absolute atomic E-state index is 13.0. The highest BCUT2D eigenvalue weighted by Gasteiger charge is 2.54. The quantitative estimate of drug-likeness (QED) is 0.489. The fraction of sp³-hybridized carbons (Fsp3) is 0.167. The molecule has 3 rings (SSSR count). The van der Waals surface area contributed by atoms with Crippen molar-refractivity contribution in [1.82, 2.24) is 5.06 Å². The second kappa shape index (κ2) is 6.81. The molecule has 1 atom stereocenters. The molecule has 2 aromatic carbocycles. The van der Waals surface area contributed by atoms with Gasteiger partial charge in [0, 0.05) is 10.5 Å². The van der Waals surface area contributed by atoms with Gasteiger partial charge < -0.3 is 5.11 Å². The van der Waals surface area contributed by atoms with E-state index in [1.807, 2.05) is 18.4 Å². The summed E-state index contributed by atoms with van der Waals surface area (Å²) in [5.41, 5.74) is -0.665. The molecule has 2 amide bonds. The molecule has 2 N–H and O–H groups in total. The number of anilines is 1. The van der Waals surface area contributed by atoms with Gasteiger partial charge >= 0.3 is 6.09 Å². The molecule has 2 aromatic rings. The molecule has 134 valence electrons. The van der Waals surface area contributed by atoms with Crippen molar-refractivity contribution >= 4 is 35.2 Å². The third-order valence-electron chi connectivity index (χ3n) is 4.24. The van der Waals surface area contributed by atoms with Crippen molar-refractivity contribution in [3.8, 4) is 0 Å². The summed E-state index contributed by atoms with van der Waals surface area (Å²) < 4.78 is 0. The molecule has 0 aliphatic carbocycles. The van der Waals surface area contributed by atoms with Crippen LogP contribution < -0.4 is 5.01 Å². The van der Waals surface area contributed by atoms with E-state index >= 15 is 0 Å². The lowest BCUT2D eigenvalue weighted by atomic mass is 9.90. The third-order valence-corrected chi connectivity index (χ3v) is 4.98. The molecule has 0 radical (unpaired) electrons. The van der Waals surface area contributed by atoms with E-state index in [4.69, 9.17) is 0 Å². The van der Waals surface area contributed by atoms with Crippen LogP contribution in [0.5, 0.6) is 0 Å². The van der Waals surface area contributed by atoms with E-state index < -0.39 is 17.5 Å². The van der Waals surface area contributed by atoms with Crippen LogP contribution in [-0.2, 0) is 4.79 Å². The van der Waals surface area contributed by atoms with Gasteiger partial charge in [0.05, 0.1) is 5.69 Å². The van der Waals surface area contributed by atoms with Gasteiger partial charge in [0.1, 0.15) is 5.71 Å². The minimum absolute atomic E-state index is 0.0135. The molecule has 1 heterocycles. The third kappa shape index (κ3) is 2.83. The number of thioether (sulfide) groups is 1. The van der Waals surface area contributed by atoms with Crippen LogP contribution in [0, 0.1) is 0 Å². The van der Waals surface area contributed by atoms with E-state index in [2.05, 4.69) is 5.10 Å². The molecule has 0 spiro atoms. The van der Waals surface area contributed by atoms with E-state index in [-0.39, 0.29) is 10.8 Å². The summed E-state index contributed by atoms with van der Waals surface area (Å²) in [5.74, 6) is -0.655. The first-order valence-electron chi connectivity index (χ1n) is 7.74. The minimum atomic E-state index is -1.86. The zero-order valence-corrected chi connectivity index (χ0v) is 15.0. The van der Waals surface area contributed by atoms with Crippen LogP contribution in [0.15, 0.2) is 64.6 Å². The number of benzene rings is 2. The van der Waals surface area contributed by atoms with Crippen LogP contribution in [-0.4, -0.2) is 44.9 Å². The number of carboxylic acid groups (broad SMARTS) is 1. The number of hydrazone groups is 1. The first kappa shape index (κ1) is 18.0. The van der Waals surface area contributed by atoms with E-state index in [0.717, 1.165) is 9.90 Å². The Hall–Kier alpha value is -2.84. The van der Waals surface area contributed by atoms with Crippen LogP contribution in [0.25, 0.3) is 0 Å². The molecule has 0 fully saturated rings. The molecular formula is C18H17N3O4S. The lowest BCUT2D eigenvalue weighted by Gasteiger charge is -2.30. The summed E-state index contributed by atoms with van der Waals surface area (Å²) in [6.45, 7) is 1.34. The largest absolute Gasteiger partial charge is 0.463 e. The SMILES string of the molecule is CSc1ccc(C2=NN(c3ccccc3)C(=O)C2(C)N(O)C(=O)O)cc1. The van der Waals surface area contributed by atoms with E-state index in [1.54, 1.807) is 54.2 Å². The Bertz CT molecular complexity index is 870. The average Bonchev–Trinajstić information content (AvgIpc) is 2.94. The summed E-state index contributed by atoms with van der Waals surface area (Å²) >= 11 is 1.56. The predicted octanol–water partition coefficient (Wildman–Crippen LogP) is 3.29. The van der Waals surface area contributed by atoms with Crippen molar-refractivity contribution in [2.24, 2.45) is 5.10 Å². The Morgan fingerprint density at radius 2 is 1.77 bits per heavy atom. The van der Waals surface area contributed by atoms with E-state index in [9.17, 15) is 19.9 Å². The maximum Gasteiger partial charge on any atom is 0.432 e. The van der Waals surface area contributed by atoms with Gasteiger partial charge in [0.15, 0.2) is 5.54 Å². The molecule has 0 aromatic heterocycles. The Balaban J connectivity index is 2.14. The Kier molecular flexibility index (Phi) is 4.71. The molecule has 0 saturated heterocycles. The molecule has 7 nitrogen and oxygen atoms in total. The fourth-order valence-corrected chi connectivity index (χ4v) is 3.17. The molecular weight excluding hydrogens is 354 g/mol. The minimum Gasteiger partial charge on any atom is -0.463 e. The summed E-state index contributed by atoms with van der Waals surface area (Å²) in [7, 11) is 0. The first-order chi connectivity index (χ1) is 12.4. The molecule has 0 saturated carbocycles. The van der Waals surface area contributed by atoms with Gasteiger partial charge in [-0.1, -0.05) is 30.3 Å². The normalized spacial score (nSPS) is 19.4. The van der Waals surface area contributed by atoms with Crippen LogP contribution in [0.2, 0.25) is 0 Å².